The Kier molecular flexibility index (Phi) is 7.57. The number of carbonyl (C=O) groups excluding carboxylic acids is 2. The zero-order valence-electron chi connectivity index (χ0n) is 16.9. The summed E-state index contributed by atoms with van der Waals surface area (Å²) in [5.41, 5.74) is 2.34. The van der Waals surface area contributed by atoms with E-state index in [-0.39, 0.29) is 17.7 Å². The van der Waals surface area contributed by atoms with Gasteiger partial charge >= 0.3 is 0 Å². The highest BCUT2D eigenvalue weighted by Gasteiger charge is 2.35. The van der Waals surface area contributed by atoms with Crippen LogP contribution >= 0.6 is 58.2 Å². The molecule has 0 N–H and O–H groups in total. The summed E-state index contributed by atoms with van der Waals surface area (Å²) in [4.78, 5) is 26.7. The fourth-order valence-corrected chi connectivity index (χ4v) is 4.60. The van der Waals surface area contributed by atoms with Crippen molar-refractivity contribution >= 4 is 75.4 Å². The van der Waals surface area contributed by atoms with Crippen molar-refractivity contribution in [3.63, 3.8) is 0 Å². The van der Waals surface area contributed by atoms with Gasteiger partial charge in [-0.1, -0.05) is 70.7 Å². The van der Waals surface area contributed by atoms with Crippen LogP contribution in [0.2, 0.25) is 20.1 Å². The van der Waals surface area contributed by atoms with Gasteiger partial charge in [0, 0.05) is 5.02 Å². The van der Waals surface area contributed by atoms with Gasteiger partial charge in [0.05, 0.1) is 26.5 Å². The first kappa shape index (κ1) is 24.0. The van der Waals surface area contributed by atoms with Gasteiger partial charge in [0.2, 0.25) is 0 Å². The van der Waals surface area contributed by atoms with Crippen molar-refractivity contribution in [2.24, 2.45) is 0 Å². The molecule has 3 aromatic carbocycles. The van der Waals surface area contributed by atoms with E-state index < -0.39 is 0 Å². The lowest BCUT2D eigenvalue weighted by molar-refractivity contribution is -0.123. The first-order chi connectivity index (χ1) is 15.8. The minimum Gasteiger partial charge on any atom is -0.487 e. The minimum absolute atomic E-state index is 0.108. The Hall–Kier alpha value is -2.15. The first-order valence-electron chi connectivity index (χ1n) is 9.66. The van der Waals surface area contributed by atoms with E-state index in [1.54, 1.807) is 54.6 Å². The number of rotatable bonds is 6. The topological polar surface area (TPSA) is 46.6 Å². The molecule has 0 unspecified atom stereocenters. The maximum absolute atomic E-state index is 12.8. The summed E-state index contributed by atoms with van der Waals surface area (Å²) in [5, 5.41) is 1.47. The number of carbonyl (C=O) groups is 2. The van der Waals surface area contributed by atoms with Crippen molar-refractivity contribution in [3.05, 3.63) is 102 Å². The fourth-order valence-electron chi connectivity index (χ4n) is 3.07. The van der Waals surface area contributed by atoms with Gasteiger partial charge in [-0.3, -0.25) is 14.5 Å². The second kappa shape index (κ2) is 10.4. The number of hydrogen-bond acceptors (Lipinski definition) is 4. The summed E-state index contributed by atoms with van der Waals surface area (Å²) in [6.45, 7) is 0.445. The molecule has 4 nitrogen and oxygen atoms in total. The summed E-state index contributed by atoms with van der Waals surface area (Å²) in [7, 11) is 0. The summed E-state index contributed by atoms with van der Waals surface area (Å²) < 4.78 is 5.78. The zero-order valence-corrected chi connectivity index (χ0v) is 20.7. The molecule has 0 spiro atoms. The Morgan fingerprint density at radius 1 is 0.818 bits per heavy atom. The Morgan fingerprint density at radius 2 is 1.55 bits per heavy atom. The molecule has 1 heterocycles. The molecule has 0 atom stereocenters. The molecular formula is C24H15Cl4NO3S. The van der Waals surface area contributed by atoms with Gasteiger partial charge < -0.3 is 4.74 Å². The van der Waals surface area contributed by atoms with E-state index in [2.05, 4.69) is 0 Å². The van der Waals surface area contributed by atoms with E-state index in [1.165, 1.54) is 4.90 Å². The van der Waals surface area contributed by atoms with Crippen LogP contribution in [0.3, 0.4) is 0 Å². The number of thioether (sulfide) groups is 1. The molecule has 1 aliphatic heterocycles. The molecule has 0 aromatic heterocycles. The molecule has 3 aromatic rings. The lowest BCUT2D eigenvalue weighted by Gasteiger charge is -2.13. The molecular weight excluding hydrogens is 524 g/mol. The molecule has 0 aliphatic carbocycles. The molecule has 0 radical (unpaired) electrons. The minimum atomic E-state index is -0.379. The van der Waals surface area contributed by atoms with Crippen LogP contribution in [-0.4, -0.2) is 16.0 Å². The average Bonchev–Trinajstić information content (AvgIpc) is 3.04. The van der Waals surface area contributed by atoms with Crippen molar-refractivity contribution < 1.29 is 14.3 Å². The van der Waals surface area contributed by atoms with Crippen LogP contribution in [0, 0.1) is 0 Å². The fraction of sp³-hybridized carbons (Fsp3) is 0.0833. The molecule has 168 valence electrons. The third-order valence-corrected chi connectivity index (χ3v) is 6.95. The lowest BCUT2D eigenvalue weighted by atomic mass is 10.2. The van der Waals surface area contributed by atoms with Gasteiger partial charge in [0.25, 0.3) is 11.1 Å². The standard InChI is InChI=1S/C24H15Cl4NO3S/c25-17-5-1-14(2-6-17)13-32-21-8-4-15(9-20(21)28)11-22-23(30)29(24(31)33-22)12-16-3-7-18(26)19(27)10-16/h1-11H,12-13H2/b22-11-. The normalized spacial score (nSPS) is 14.9. The molecule has 0 saturated carbocycles. The van der Waals surface area contributed by atoms with Crippen LogP contribution in [-0.2, 0) is 17.9 Å². The van der Waals surface area contributed by atoms with E-state index in [9.17, 15) is 9.59 Å². The molecule has 0 bridgehead atoms. The molecule has 1 fully saturated rings. The Balaban J connectivity index is 1.45. The molecule has 9 heteroatoms. The molecule has 1 saturated heterocycles. The Labute approximate surface area is 215 Å². The summed E-state index contributed by atoms with van der Waals surface area (Å²) in [6.07, 6.45) is 1.63. The van der Waals surface area contributed by atoms with Crippen molar-refractivity contribution in [1.82, 2.24) is 4.90 Å². The average molecular weight is 539 g/mol. The monoisotopic (exact) mass is 537 g/mol. The maximum Gasteiger partial charge on any atom is 0.293 e. The Bertz CT molecular complexity index is 1260. The second-order valence-corrected chi connectivity index (χ2v) is 9.77. The van der Waals surface area contributed by atoms with Gasteiger partial charge in [-0.2, -0.15) is 0 Å². The third kappa shape index (κ3) is 5.86. The van der Waals surface area contributed by atoms with Crippen LogP contribution in [0.25, 0.3) is 6.08 Å². The van der Waals surface area contributed by atoms with Crippen LogP contribution in [0.4, 0.5) is 4.79 Å². The summed E-state index contributed by atoms with van der Waals surface area (Å²) >= 11 is 25.1. The van der Waals surface area contributed by atoms with Gasteiger partial charge in [-0.05, 0) is 70.9 Å². The van der Waals surface area contributed by atoms with Crippen molar-refractivity contribution in [2.75, 3.05) is 0 Å². The highest BCUT2D eigenvalue weighted by Crippen LogP contribution is 2.35. The molecule has 33 heavy (non-hydrogen) atoms. The van der Waals surface area contributed by atoms with E-state index in [1.807, 2.05) is 12.1 Å². The number of benzene rings is 3. The quantitative estimate of drug-likeness (QED) is 0.297. The van der Waals surface area contributed by atoms with Crippen molar-refractivity contribution in [1.29, 1.82) is 0 Å². The first-order valence-corrected chi connectivity index (χ1v) is 12.0. The van der Waals surface area contributed by atoms with Crippen molar-refractivity contribution in [3.8, 4) is 5.75 Å². The molecule has 1 aliphatic rings. The predicted molar refractivity (Wildman–Crippen MR) is 135 cm³/mol. The highest BCUT2D eigenvalue weighted by molar-refractivity contribution is 8.18. The zero-order chi connectivity index (χ0) is 23.5. The number of imide groups is 1. The van der Waals surface area contributed by atoms with E-state index >= 15 is 0 Å². The smallest absolute Gasteiger partial charge is 0.293 e. The molecule has 4 rings (SSSR count). The van der Waals surface area contributed by atoms with Gasteiger partial charge in [0.15, 0.2) is 0 Å². The van der Waals surface area contributed by atoms with Crippen LogP contribution in [0.15, 0.2) is 65.6 Å². The third-order valence-electron chi connectivity index (χ3n) is 4.76. The predicted octanol–water partition coefficient (Wildman–Crippen LogP) is 8.12. The summed E-state index contributed by atoms with van der Waals surface area (Å²) in [5.74, 6) is 0.131. The van der Waals surface area contributed by atoms with Crippen LogP contribution in [0.5, 0.6) is 5.75 Å². The van der Waals surface area contributed by atoms with E-state index in [0.717, 1.165) is 17.3 Å². The Morgan fingerprint density at radius 3 is 2.24 bits per heavy atom. The number of amides is 2. The van der Waals surface area contributed by atoms with Crippen LogP contribution < -0.4 is 4.74 Å². The van der Waals surface area contributed by atoms with Gasteiger partial charge in [-0.25, -0.2) is 0 Å². The van der Waals surface area contributed by atoms with E-state index in [4.69, 9.17) is 51.1 Å². The number of halogens is 4. The second-order valence-electron chi connectivity index (χ2n) is 7.12. The SMILES string of the molecule is O=C1S/C(=C\c2ccc(OCc3ccc(Cl)cc3)c(Cl)c2)C(=O)N1Cc1ccc(Cl)c(Cl)c1. The van der Waals surface area contributed by atoms with Crippen LogP contribution in [0.1, 0.15) is 16.7 Å². The van der Waals surface area contributed by atoms with Crippen molar-refractivity contribution in [2.45, 2.75) is 13.2 Å². The van der Waals surface area contributed by atoms with Gasteiger partial charge in [-0.15, -0.1) is 0 Å². The largest absolute Gasteiger partial charge is 0.487 e. The molecule has 2 amide bonds. The number of hydrogen-bond donors (Lipinski definition) is 0. The summed E-state index contributed by atoms with van der Waals surface area (Å²) in [6, 6.07) is 17.5. The number of nitrogens with zero attached hydrogens (tertiary/aromatic N) is 1. The van der Waals surface area contributed by atoms with E-state index in [0.29, 0.717) is 48.5 Å². The maximum atomic E-state index is 12.8. The lowest BCUT2D eigenvalue weighted by Crippen LogP contribution is -2.27. The highest BCUT2D eigenvalue weighted by atomic mass is 35.5. The van der Waals surface area contributed by atoms with Gasteiger partial charge in [0.1, 0.15) is 12.4 Å². The number of ether oxygens (including phenoxy) is 1.